The Morgan fingerprint density at radius 3 is 2.29 bits per heavy atom. The predicted molar refractivity (Wildman–Crippen MR) is 141 cm³/mol. The minimum absolute atomic E-state index is 0.000811. The molecule has 0 saturated heterocycles. The lowest BCUT2D eigenvalue weighted by molar-refractivity contribution is -0.155. The number of carbonyl (C=O) groups excluding carboxylic acids is 2. The Bertz CT molecular complexity index is 791. The summed E-state index contributed by atoms with van der Waals surface area (Å²) in [6.07, 6.45) is 9.31. The number of methoxy groups -OCH3 is 1. The molecule has 0 unspecified atom stereocenters. The standard InChI is InChI=1S/C29H48O4Si/c1-10-29(8)14-13-24-21-11-12-23(33-34(18(2)3,19(4)5)20(6)7)16-22(15-21)26(30)17-25(24)27(29)28(31)32-9/h10-11,18-20,22-25,27H,1,12-17H2,2-9H3/t22-,23+,24-,25-,27+,29+/m1/s1. The highest BCUT2D eigenvalue weighted by Crippen LogP contribution is 2.55. The minimum Gasteiger partial charge on any atom is -0.469 e. The first kappa shape index (κ1) is 27.4. The van der Waals surface area contributed by atoms with E-state index in [1.54, 1.807) is 0 Å². The average molecular weight is 489 g/mol. The van der Waals surface area contributed by atoms with Crippen LogP contribution in [-0.2, 0) is 18.8 Å². The topological polar surface area (TPSA) is 52.6 Å². The molecule has 6 atom stereocenters. The number of fused-ring (bicyclic) bond motifs is 4. The summed E-state index contributed by atoms with van der Waals surface area (Å²) in [5.74, 6) is 0.0719. The number of ether oxygens (including phenoxy) is 1. The summed E-state index contributed by atoms with van der Waals surface area (Å²) in [4.78, 5) is 26.6. The monoisotopic (exact) mass is 488 g/mol. The fraction of sp³-hybridized carbons (Fsp3) is 0.793. The molecule has 0 spiro atoms. The first-order valence-electron chi connectivity index (χ1n) is 13.5. The number of hydrogen-bond donors (Lipinski definition) is 0. The zero-order valence-electron chi connectivity index (χ0n) is 22.9. The zero-order valence-corrected chi connectivity index (χ0v) is 23.9. The molecule has 0 aliphatic heterocycles. The van der Waals surface area contributed by atoms with Gasteiger partial charge in [0.25, 0.3) is 0 Å². The third-order valence-corrected chi connectivity index (χ3v) is 15.8. The van der Waals surface area contributed by atoms with Crippen LogP contribution in [0.3, 0.4) is 0 Å². The van der Waals surface area contributed by atoms with Gasteiger partial charge in [0.2, 0.25) is 8.32 Å². The SMILES string of the molecule is C=C[C@@]1(C)CC[C@@H]2C3=CC[C@H](O[Si](C(C)C)(C(C)C)C(C)C)C[C@@H](C3)C(=O)C[C@H]2[C@H]1C(=O)OC. The van der Waals surface area contributed by atoms with Crippen molar-refractivity contribution in [2.45, 2.75) is 110 Å². The van der Waals surface area contributed by atoms with Crippen molar-refractivity contribution in [2.75, 3.05) is 7.11 Å². The van der Waals surface area contributed by atoms with Crippen LogP contribution in [0.25, 0.3) is 0 Å². The fourth-order valence-corrected chi connectivity index (χ4v) is 13.6. The van der Waals surface area contributed by atoms with Gasteiger partial charge in [-0.15, -0.1) is 6.58 Å². The van der Waals surface area contributed by atoms with Gasteiger partial charge >= 0.3 is 5.97 Å². The second-order valence-electron chi connectivity index (χ2n) is 12.4. The number of carbonyl (C=O) groups is 2. The second-order valence-corrected chi connectivity index (χ2v) is 17.8. The maximum atomic E-state index is 13.7. The van der Waals surface area contributed by atoms with E-state index in [0.29, 0.717) is 28.8 Å². The van der Waals surface area contributed by atoms with Gasteiger partial charge in [0, 0.05) is 18.4 Å². The van der Waals surface area contributed by atoms with Crippen LogP contribution in [0.2, 0.25) is 16.6 Å². The van der Waals surface area contributed by atoms with Crippen molar-refractivity contribution in [1.29, 1.82) is 0 Å². The summed E-state index contributed by atoms with van der Waals surface area (Å²) in [5.41, 5.74) is 2.65. The molecule has 2 fully saturated rings. The van der Waals surface area contributed by atoms with Crippen LogP contribution < -0.4 is 0 Å². The molecule has 4 nitrogen and oxygen atoms in total. The van der Waals surface area contributed by atoms with E-state index >= 15 is 0 Å². The summed E-state index contributed by atoms with van der Waals surface area (Å²) in [7, 11) is -0.553. The highest BCUT2D eigenvalue weighted by Gasteiger charge is 2.53. The van der Waals surface area contributed by atoms with Crippen molar-refractivity contribution in [1.82, 2.24) is 0 Å². The highest BCUT2D eigenvalue weighted by molar-refractivity contribution is 6.77. The average Bonchev–Trinajstić information content (AvgIpc) is 3.05. The van der Waals surface area contributed by atoms with Crippen molar-refractivity contribution in [3.63, 3.8) is 0 Å². The molecular formula is C29H48O4Si. The number of ketones is 1. The van der Waals surface area contributed by atoms with Crippen LogP contribution >= 0.6 is 0 Å². The van der Waals surface area contributed by atoms with Gasteiger partial charge in [-0.25, -0.2) is 0 Å². The Morgan fingerprint density at radius 2 is 1.76 bits per heavy atom. The quantitative estimate of drug-likeness (QED) is 0.215. The molecule has 5 heteroatoms. The Hall–Kier alpha value is -1.20. The van der Waals surface area contributed by atoms with Gasteiger partial charge in [-0.3, -0.25) is 9.59 Å². The van der Waals surface area contributed by atoms with E-state index in [4.69, 9.17) is 9.16 Å². The lowest BCUT2D eigenvalue weighted by Gasteiger charge is -2.47. The second kappa shape index (κ2) is 10.4. The van der Waals surface area contributed by atoms with E-state index in [0.717, 1.165) is 32.1 Å². The highest BCUT2D eigenvalue weighted by atomic mass is 28.4. The van der Waals surface area contributed by atoms with Crippen LogP contribution in [0.15, 0.2) is 24.3 Å². The smallest absolute Gasteiger partial charge is 0.309 e. The maximum Gasteiger partial charge on any atom is 0.309 e. The third kappa shape index (κ3) is 4.76. The fourth-order valence-electron chi connectivity index (χ4n) is 7.97. The molecule has 0 N–H and O–H groups in total. The van der Waals surface area contributed by atoms with E-state index in [1.807, 2.05) is 6.08 Å². The maximum absolute atomic E-state index is 13.7. The van der Waals surface area contributed by atoms with Gasteiger partial charge < -0.3 is 9.16 Å². The molecule has 0 amide bonds. The van der Waals surface area contributed by atoms with Crippen molar-refractivity contribution >= 4 is 20.1 Å². The molecule has 3 aliphatic rings. The molecule has 3 rings (SSSR count). The van der Waals surface area contributed by atoms with Gasteiger partial charge in [0.05, 0.1) is 13.0 Å². The number of hydrogen-bond acceptors (Lipinski definition) is 4. The van der Waals surface area contributed by atoms with Gasteiger partial charge in [0.15, 0.2) is 0 Å². The van der Waals surface area contributed by atoms with Crippen LogP contribution in [0.1, 0.15) is 87.0 Å². The number of allylic oxidation sites excluding steroid dienone is 2. The summed E-state index contributed by atoms with van der Waals surface area (Å²) < 4.78 is 12.4. The van der Waals surface area contributed by atoms with Crippen molar-refractivity contribution < 1.29 is 18.8 Å². The van der Waals surface area contributed by atoms with Gasteiger partial charge in [-0.2, -0.15) is 0 Å². The summed E-state index contributed by atoms with van der Waals surface area (Å²) >= 11 is 0. The normalized spacial score (nSPS) is 34.4. The molecular weight excluding hydrogens is 440 g/mol. The lowest BCUT2D eigenvalue weighted by Crippen LogP contribution is -2.50. The molecule has 0 aromatic heterocycles. The molecule has 2 saturated carbocycles. The molecule has 34 heavy (non-hydrogen) atoms. The van der Waals surface area contributed by atoms with Crippen LogP contribution in [0, 0.1) is 29.1 Å². The van der Waals surface area contributed by atoms with E-state index in [-0.39, 0.29) is 41.2 Å². The van der Waals surface area contributed by atoms with Gasteiger partial charge in [-0.1, -0.05) is 66.2 Å². The largest absolute Gasteiger partial charge is 0.469 e. The predicted octanol–water partition coefficient (Wildman–Crippen LogP) is 7.25. The zero-order chi connectivity index (χ0) is 25.4. The summed E-state index contributed by atoms with van der Waals surface area (Å²) in [5, 5.41) is 0. The van der Waals surface area contributed by atoms with E-state index < -0.39 is 8.32 Å². The number of esters is 1. The Balaban J connectivity index is 1.95. The van der Waals surface area contributed by atoms with E-state index in [9.17, 15) is 9.59 Å². The third-order valence-electron chi connectivity index (χ3n) is 9.69. The van der Waals surface area contributed by atoms with E-state index in [2.05, 4.69) is 61.1 Å². The van der Waals surface area contributed by atoms with Crippen molar-refractivity contribution in [3.8, 4) is 0 Å². The minimum atomic E-state index is -2.02. The van der Waals surface area contributed by atoms with Crippen molar-refractivity contribution in [2.24, 2.45) is 29.1 Å². The first-order chi connectivity index (χ1) is 15.9. The Labute approximate surface area is 209 Å². The molecule has 0 radical (unpaired) electrons. The Kier molecular flexibility index (Phi) is 8.39. The van der Waals surface area contributed by atoms with Gasteiger partial charge in [0.1, 0.15) is 5.78 Å². The van der Waals surface area contributed by atoms with Gasteiger partial charge in [-0.05, 0) is 66.0 Å². The Morgan fingerprint density at radius 1 is 1.15 bits per heavy atom. The van der Waals surface area contributed by atoms with Crippen LogP contribution in [0.4, 0.5) is 0 Å². The van der Waals surface area contributed by atoms with Crippen LogP contribution in [0.5, 0.6) is 0 Å². The molecule has 0 aromatic rings. The molecule has 0 aromatic carbocycles. The van der Waals surface area contributed by atoms with E-state index in [1.165, 1.54) is 12.7 Å². The lowest BCUT2D eigenvalue weighted by atomic mass is 9.57. The van der Waals surface area contributed by atoms with Crippen molar-refractivity contribution in [3.05, 3.63) is 24.3 Å². The number of rotatable bonds is 7. The summed E-state index contributed by atoms with van der Waals surface area (Å²) in [6, 6.07) is 0. The summed E-state index contributed by atoms with van der Waals surface area (Å²) in [6.45, 7) is 20.1. The number of Topliss-reactive ketones (excluding diaryl/α,β-unsaturated/α-hetero) is 1. The molecule has 0 heterocycles. The van der Waals surface area contributed by atoms with Crippen LogP contribution in [-0.4, -0.2) is 33.3 Å². The molecule has 192 valence electrons. The molecule has 2 bridgehead atoms. The molecule has 3 aliphatic carbocycles. The first-order valence-corrected chi connectivity index (χ1v) is 15.7.